The SMILES string of the molecule is O=C(NC1CCCc2c(Br)cccc21)c1ccc(C(F)(F)F)[nH]c1=O. The lowest BCUT2D eigenvalue weighted by Gasteiger charge is -2.27. The zero-order chi connectivity index (χ0) is 18.2. The van der Waals surface area contributed by atoms with Crippen LogP contribution in [0.15, 0.2) is 39.6 Å². The standard InChI is InChI=1S/C17H14BrF3N2O2/c18-12-5-1-4-10-9(12)3-2-6-13(10)22-15(24)11-7-8-14(17(19,20)21)23-16(11)25/h1,4-5,7-8,13H,2-3,6H2,(H,22,24)(H,23,25). The maximum absolute atomic E-state index is 12.6. The van der Waals surface area contributed by atoms with Gasteiger partial charge in [-0.2, -0.15) is 13.2 Å². The van der Waals surface area contributed by atoms with Crippen molar-refractivity contribution in [3.05, 3.63) is 67.5 Å². The molecule has 25 heavy (non-hydrogen) atoms. The van der Waals surface area contributed by atoms with Gasteiger partial charge in [0.2, 0.25) is 0 Å². The Bertz CT molecular complexity index is 877. The second-order valence-electron chi connectivity index (χ2n) is 5.84. The molecule has 1 atom stereocenters. The highest BCUT2D eigenvalue weighted by atomic mass is 79.9. The third-order valence-electron chi connectivity index (χ3n) is 4.21. The molecule has 2 aromatic rings. The summed E-state index contributed by atoms with van der Waals surface area (Å²) >= 11 is 3.48. The molecule has 8 heteroatoms. The highest BCUT2D eigenvalue weighted by molar-refractivity contribution is 9.10. The van der Waals surface area contributed by atoms with Crippen molar-refractivity contribution in [1.29, 1.82) is 0 Å². The molecule has 1 aliphatic carbocycles. The van der Waals surface area contributed by atoms with E-state index in [1.54, 1.807) is 4.98 Å². The topological polar surface area (TPSA) is 62.0 Å². The van der Waals surface area contributed by atoms with Gasteiger partial charge >= 0.3 is 6.18 Å². The van der Waals surface area contributed by atoms with Crippen molar-refractivity contribution in [1.82, 2.24) is 10.3 Å². The summed E-state index contributed by atoms with van der Waals surface area (Å²) in [4.78, 5) is 25.9. The number of fused-ring (bicyclic) bond motifs is 1. The average Bonchev–Trinajstić information content (AvgIpc) is 2.55. The van der Waals surface area contributed by atoms with Gasteiger partial charge in [0.25, 0.3) is 11.5 Å². The largest absolute Gasteiger partial charge is 0.431 e. The Labute approximate surface area is 149 Å². The number of carbonyl (C=O) groups is 1. The Kier molecular flexibility index (Phi) is 4.73. The summed E-state index contributed by atoms with van der Waals surface area (Å²) in [5.74, 6) is -0.687. The molecule has 0 fully saturated rings. The van der Waals surface area contributed by atoms with Gasteiger partial charge in [0, 0.05) is 4.47 Å². The summed E-state index contributed by atoms with van der Waals surface area (Å²) in [6, 6.07) is 7.00. The molecule has 3 rings (SSSR count). The van der Waals surface area contributed by atoms with Crippen LogP contribution in [0.2, 0.25) is 0 Å². The fourth-order valence-electron chi connectivity index (χ4n) is 3.01. The zero-order valence-corrected chi connectivity index (χ0v) is 14.5. The van der Waals surface area contributed by atoms with Gasteiger partial charge in [0.15, 0.2) is 0 Å². The molecule has 1 aromatic heterocycles. The van der Waals surface area contributed by atoms with E-state index in [2.05, 4.69) is 21.2 Å². The Morgan fingerprint density at radius 3 is 2.68 bits per heavy atom. The number of rotatable bonds is 2. The van der Waals surface area contributed by atoms with Gasteiger partial charge in [-0.25, -0.2) is 0 Å². The van der Waals surface area contributed by atoms with E-state index < -0.39 is 23.3 Å². The number of aromatic nitrogens is 1. The lowest BCUT2D eigenvalue weighted by atomic mass is 9.87. The van der Waals surface area contributed by atoms with Gasteiger partial charge in [0.1, 0.15) is 11.3 Å². The van der Waals surface area contributed by atoms with E-state index in [1.165, 1.54) is 0 Å². The minimum atomic E-state index is -4.66. The van der Waals surface area contributed by atoms with Crippen LogP contribution in [-0.2, 0) is 12.6 Å². The van der Waals surface area contributed by atoms with E-state index in [0.29, 0.717) is 12.5 Å². The second kappa shape index (κ2) is 6.67. The van der Waals surface area contributed by atoms with E-state index >= 15 is 0 Å². The molecule has 0 saturated heterocycles. The minimum Gasteiger partial charge on any atom is -0.345 e. The Hall–Kier alpha value is -2.09. The van der Waals surface area contributed by atoms with Gasteiger partial charge in [-0.05, 0) is 48.6 Å². The van der Waals surface area contributed by atoms with Gasteiger partial charge in [-0.3, -0.25) is 9.59 Å². The summed E-state index contributed by atoms with van der Waals surface area (Å²) in [5, 5.41) is 2.76. The molecule has 0 saturated carbocycles. The highest BCUT2D eigenvalue weighted by Crippen LogP contribution is 2.34. The molecule has 0 bridgehead atoms. The maximum Gasteiger partial charge on any atom is 0.431 e. The number of benzene rings is 1. The number of nitrogens with one attached hydrogen (secondary N) is 2. The molecule has 1 unspecified atom stereocenters. The predicted octanol–water partition coefficient (Wildman–Crippen LogP) is 3.96. The number of hydrogen-bond donors (Lipinski definition) is 2. The molecule has 0 spiro atoms. The lowest BCUT2D eigenvalue weighted by molar-refractivity contribution is -0.141. The van der Waals surface area contributed by atoms with Crippen LogP contribution in [0.1, 0.15) is 46.1 Å². The van der Waals surface area contributed by atoms with E-state index in [4.69, 9.17) is 0 Å². The number of halogens is 4. The molecule has 0 aliphatic heterocycles. The van der Waals surface area contributed by atoms with Crippen molar-refractivity contribution in [2.45, 2.75) is 31.5 Å². The molecular weight excluding hydrogens is 401 g/mol. The summed E-state index contributed by atoms with van der Waals surface area (Å²) in [7, 11) is 0. The molecule has 4 nitrogen and oxygen atoms in total. The van der Waals surface area contributed by atoms with Gasteiger partial charge in [0.05, 0.1) is 6.04 Å². The molecular formula is C17H14BrF3N2O2. The van der Waals surface area contributed by atoms with Crippen molar-refractivity contribution in [2.75, 3.05) is 0 Å². The number of amides is 1. The quantitative estimate of drug-likeness (QED) is 0.780. The van der Waals surface area contributed by atoms with Crippen molar-refractivity contribution in [3.8, 4) is 0 Å². The second-order valence-corrected chi connectivity index (χ2v) is 6.69. The molecule has 0 radical (unpaired) electrons. The van der Waals surface area contributed by atoms with Crippen LogP contribution in [-0.4, -0.2) is 10.9 Å². The average molecular weight is 415 g/mol. The van der Waals surface area contributed by atoms with Crippen LogP contribution < -0.4 is 10.9 Å². The smallest absolute Gasteiger partial charge is 0.345 e. The molecule has 132 valence electrons. The van der Waals surface area contributed by atoms with Gasteiger partial charge < -0.3 is 10.3 Å². The number of hydrogen-bond acceptors (Lipinski definition) is 2. The van der Waals surface area contributed by atoms with E-state index in [0.717, 1.165) is 34.5 Å². The minimum absolute atomic E-state index is 0.282. The molecule has 1 heterocycles. The molecule has 1 aliphatic rings. The number of alkyl halides is 3. The summed E-state index contributed by atoms with van der Waals surface area (Å²) in [5.41, 5.74) is -0.522. The summed E-state index contributed by atoms with van der Waals surface area (Å²) < 4.78 is 38.8. The number of H-pyrrole nitrogens is 1. The first-order valence-corrected chi connectivity index (χ1v) is 8.45. The van der Waals surface area contributed by atoms with Crippen LogP contribution in [0.5, 0.6) is 0 Å². The first-order chi connectivity index (χ1) is 11.8. The van der Waals surface area contributed by atoms with Gasteiger partial charge in [-0.1, -0.05) is 28.1 Å². The number of pyridine rings is 1. The van der Waals surface area contributed by atoms with Crippen molar-refractivity contribution in [3.63, 3.8) is 0 Å². The fraction of sp³-hybridized carbons (Fsp3) is 0.294. The third-order valence-corrected chi connectivity index (χ3v) is 4.96. The lowest BCUT2D eigenvalue weighted by Crippen LogP contribution is -2.35. The first-order valence-electron chi connectivity index (χ1n) is 7.66. The van der Waals surface area contributed by atoms with Gasteiger partial charge in [-0.15, -0.1) is 0 Å². The van der Waals surface area contributed by atoms with Crippen molar-refractivity contribution in [2.24, 2.45) is 0 Å². The molecule has 1 amide bonds. The van der Waals surface area contributed by atoms with Crippen molar-refractivity contribution >= 4 is 21.8 Å². The Balaban J connectivity index is 1.85. The number of aromatic amines is 1. The number of carbonyl (C=O) groups excluding carboxylic acids is 1. The van der Waals surface area contributed by atoms with E-state index in [9.17, 15) is 22.8 Å². The van der Waals surface area contributed by atoms with Crippen LogP contribution in [0.4, 0.5) is 13.2 Å². The van der Waals surface area contributed by atoms with Crippen LogP contribution >= 0.6 is 15.9 Å². The predicted molar refractivity (Wildman–Crippen MR) is 89.4 cm³/mol. The van der Waals surface area contributed by atoms with E-state index in [-0.39, 0.29) is 11.6 Å². The Morgan fingerprint density at radius 2 is 2.00 bits per heavy atom. The summed E-state index contributed by atoms with van der Waals surface area (Å²) in [6.07, 6.45) is -2.22. The monoisotopic (exact) mass is 414 g/mol. The first kappa shape index (κ1) is 17.7. The van der Waals surface area contributed by atoms with E-state index in [1.807, 2.05) is 18.2 Å². The summed E-state index contributed by atoms with van der Waals surface area (Å²) in [6.45, 7) is 0. The zero-order valence-electron chi connectivity index (χ0n) is 12.9. The third kappa shape index (κ3) is 3.63. The Morgan fingerprint density at radius 1 is 1.24 bits per heavy atom. The highest BCUT2D eigenvalue weighted by Gasteiger charge is 2.32. The van der Waals surface area contributed by atoms with Crippen LogP contribution in [0.3, 0.4) is 0 Å². The van der Waals surface area contributed by atoms with Crippen LogP contribution in [0.25, 0.3) is 0 Å². The maximum atomic E-state index is 12.6. The fourth-order valence-corrected chi connectivity index (χ4v) is 3.59. The van der Waals surface area contributed by atoms with Crippen LogP contribution in [0, 0.1) is 0 Å². The molecule has 2 N–H and O–H groups in total. The normalized spacial score (nSPS) is 17.0. The molecule has 1 aromatic carbocycles. The van der Waals surface area contributed by atoms with Crippen molar-refractivity contribution < 1.29 is 18.0 Å².